The minimum atomic E-state index is -0.880. The highest BCUT2D eigenvalue weighted by Crippen LogP contribution is 2.25. The van der Waals surface area contributed by atoms with E-state index >= 15 is 0 Å². The Balaban J connectivity index is 2.56. The van der Waals surface area contributed by atoms with Crippen LogP contribution >= 0.6 is 22.6 Å². The zero-order chi connectivity index (χ0) is 12.6. The highest BCUT2D eigenvalue weighted by molar-refractivity contribution is 14.1. The van der Waals surface area contributed by atoms with Crippen molar-refractivity contribution >= 4 is 28.6 Å². The minimum Gasteiger partial charge on any atom is -0.478 e. The normalized spacial score (nSPS) is 10.5. The Morgan fingerprint density at radius 3 is 2.35 bits per heavy atom. The number of carboxylic acids is 1. The van der Waals surface area contributed by atoms with E-state index in [-0.39, 0.29) is 0 Å². The Morgan fingerprint density at radius 2 is 1.88 bits per heavy atom. The first-order valence-corrected chi connectivity index (χ1v) is 6.24. The molecule has 0 aliphatic heterocycles. The third-order valence-corrected chi connectivity index (χ3v) is 3.62. The number of rotatable bonds is 2. The summed E-state index contributed by atoms with van der Waals surface area (Å²) in [5.74, 6) is -0.880. The van der Waals surface area contributed by atoms with Crippen LogP contribution in [0.25, 0.3) is 11.3 Å². The molecule has 1 N–H and O–H groups in total. The van der Waals surface area contributed by atoms with Crippen LogP contribution < -0.4 is 0 Å². The molecule has 0 aliphatic rings. The quantitative estimate of drug-likeness (QED) is 0.852. The van der Waals surface area contributed by atoms with E-state index in [9.17, 15) is 4.79 Å². The summed E-state index contributed by atoms with van der Waals surface area (Å²) in [7, 11) is 1.88. The lowest BCUT2D eigenvalue weighted by atomic mass is 10.1. The van der Waals surface area contributed by atoms with E-state index in [2.05, 4.69) is 22.6 Å². The lowest BCUT2D eigenvalue weighted by Crippen LogP contribution is -1.99. The van der Waals surface area contributed by atoms with Gasteiger partial charge in [-0.1, -0.05) is 12.1 Å². The molecule has 0 amide bonds. The zero-order valence-corrected chi connectivity index (χ0v) is 11.7. The second-order valence-electron chi connectivity index (χ2n) is 3.90. The van der Waals surface area contributed by atoms with E-state index in [4.69, 9.17) is 5.11 Å². The van der Waals surface area contributed by atoms with Crippen LogP contribution in [-0.4, -0.2) is 15.6 Å². The van der Waals surface area contributed by atoms with Crippen molar-refractivity contribution in [3.8, 4) is 11.3 Å². The van der Waals surface area contributed by atoms with E-state index in [0.29, 0.717) is 5.56 Å². The van der Waals surface area contributed by atoms with Crippen molar-refractivity contribution in [1.82, 2.24) is 4.57 Å². The summed E-state index contributed by atoms with van der Waals surface area (Å²) in [6.45, 7) is 1.82. The van der Waals surface area contributed by atoms with Crippen molar-refractivity contribution in [2.75, 3.05) is 0 Å². The van der Waals surface area contributed by atoms with Crippen LogP contribution in [0.1, 0.15) is 16.1 Å². The van der Waals surface area contributed by atoms with Crippen LogP contribution in [0.5, 0.6) is 0 Å². The van der Waals surface area contributed by atoms with E-state index in [1.165, 1.54) is 0 Å². The Kier molecular flexibility index (Phi) is 3.24. The molecular formula is C13H12INO2. The molecule has 0 spiro atoms. The van der Waals surface area contributed by atoms with E-state index in [1.807, 2.05) is 42.8 Å². The predicted octanol–water partition coefficient (Wildman–Crippen LogP) is 3.30. The Labute approximate surface area is 113 Å². The van der Waals surface area contributed by atoms with Crippen LogP contribution in [0.15, 0.2) is 30.3 Å². The van der Waals surface area contributed by atoms with Gasteiger partial charge in [0, 0.05) is 22.0 Å². The molecule has 0 saturated carbocycles. The fraction of sp³-hybridized carbons (Fsp3) is 0.154. The number of carboxylic acid groups (broad SMARTS) is 1. The molecule has 1 aromatic carbocycles. The average Bonchev–Trinajstić information content (AvgIpc) is 2.58. The van der Waals surface area contributed by atoms with Gasteiger partial charge in [-0.05, 0) is 53.3 Å². The number of benzene rings is 1. The van der Waals surface area contributed by atoms with Gasteiger partial charge in [0.05, 0.1) is 5.56 Å². The number of hydrogen-bond donors (Lipinski definition) is 1. The summed E-state index contributed by atoms with van der Waals surface area (Å²) in [6.07, 6.45) is 0. The number of carbonyl (C=O) groups is 1. The van der Waals surface area contributed by atoms with Gasteiger partial charge in [0.15, 0.2) is 0 Å². The van der Waals surface area contributed by atoms with Gasteiger partial charge in [-0.15, -0.1) is 0 Å². The molecule has 0 radical (unpaired) electrons. The highest BCUT2D eigenvalue weighted by atomic mass is 127. The van der Waals surface area contributed by atoms with E-state index in [1.54, 1.807) is 6.07 Å². The number of halogens is 1. The molecule has 17 heavy (non-hydrogen) atoms. The molecule has 4 heteroatoms. The summed E-state index contributed by atoms with van der Waals surface area (Å²) in [4.78, 5) is 11.1. The topological polar surface area (TPSA) is 42.2 Å². The summed E-state index contributed by atoms with van der Waals surface area (Å²) in [5.41, 5.74) is 3.09. The van der Waals surface area contributed by atoms with Crippen LogP contribution in [0.2, 0.25) is 0 Å². The monoisotopic (exact) mass is 341 g/mol. The summed E-state index contributed by atoms with van der Waals surface area (Å²) in [5, 5.41) is 9.08. The molecule has 88 valence electrons. The number of nitrogens with zero attached hydrogens (tertiary/aromatic N) is 1. The second-order valence-corrected chi connectivity index (χ2v) is 5.15. The number of aromatic carboxylic acids is 1. The third kappa shape index (κ3) is 2.22. The maximum absolute atomic E-state index is 11.1. The number of aromatic nitrogens is 1. The molecule has 1 heterocycles. The molecule has 2 aromatic rings. The molecule has 0 bridgehead atoms. The number of hydrogen-bond acceptors (Lipinski definition) is 1. The van der Waals surface area contributed by atoms with Gasteiger partial charge < -0.3 is 9.67 Å². The summed E-state index contributed by atoms with van der Waals surface area (Å²) in [6, 6.07) is 9.75. The van der Waals surface area contributed by atoms with Gasteiger partial charge in [-0.2, -0.15) is 0 Å². The molecule has 3 nitrogen and oxygen atoms in total. The predicted molar refractivity (Wildman–Crippen MR) is 75.3 cm³/mol. The molecule has 0 atom stereocenters. The maximum Gasteiger partial charge on any atom is 0.337 e. The largest absolute Gasteiger partial charge is 0.478 e. The first kappa shape index (κ1) is 12.2. The molecule has 2 rings (SSSR count). The van der Waals surface area contributed by atoms with Gasteiger partial charge in [-0.25, -0.2) is 4.79 Å². The van der Waals surface area contributed by atoms with Crippen molar-refractivity contribution in [2.45, 2.75) is 6.92 Å². The maximum atomic E-state index is 11.1. The summed E-state index contributed by atoms with van der Waals surface area (Å²) < 4.78 is 3.07. The lowest BCUT2D eigenvalue weighted by Gasteiger charge is -2.05. The van der Waals surface area contributed by atoms with Gasteiger partial charge in [-0.3, -0.25) is 0 Å². The fourth-order valence-electron chi connectivity index (χ4n) is 1.81. The smallest absolute Gasteiger partial charge is 0.337 e. The lowest BCUT2D eigenvalue weighted by molar-refractivity contribution is 0.0696. The molecule has 0 saturated heterocycles. The highest BCUT2D eigenvalue weighted by Gasteiger charge is 2.15. The van der Waals surface area contributed by atoms with E-state index < -0.39 is 5.97 Å². The van der Waals surface area contributed by atoms with Gasteiger partial charge in [0.1, 0.15) is 0 Å². The van der Waals surface area contributed by atoms with Crippen molar-refractivity contribution < 1.29 is 9.90 Å². The van der Waals surface area contributed by atoms with Crippen LogP contribution in [-0.2, 0) is 7.05 Å². The van der Waals surface area contributed by atoms with Crippen molar-refractivity contribution in [3.05, 3.63) is 45.2 Å². The van der Waals surface area contributed by atoms with Gasteiger partial charge >= 0.3 is 5.97 Å². The SMILES string of the molecule is Cc1c(C(=O)O)cc(-c2ccc(I)cc2)n1C. The molecule has 0 aliphatic carbocycles. The second kappa shape index (κ2) is 4.52. The summed E-state index contributed by atoms with van der Waals surface area (Å²) >= 11 is 2.25. The minimum absolute atomic E-state index is 0.362. The van der Waals surface area contributed by atoms with Gasteiger partial charge in [0.2, 0.25) is 0 Å². The Bertz CT molecular complexity index is 570. The van der Waals surface area contributed by atoms with Gasteiger partial charge in [0.25, 0.3) is 0 Å². The zero-order valence-electron chi connectivity index (χ0n) is 9.57. The van der Waals surface area contributed by atoms with E-state index in [0.717, 1.165) is 20.5 Å². The molecule has 0 fully saturated rings. The Hall–Kier alpha value is -1.30. The first-order chi connectivity index (χ1) is 8.00. The van der Waals surface area contributed by atoms with Crippen LogP contribution in [0.4, 0.5) is 0 Å². The standard InChI is InChI=1S/C13H12INO2/c1-8-11(13(16)17)7-12(15(8)2)9-3-5-10(14)6-4-9/h3-7H,1-2H3,(H,16,17). The van der Waals surface area contributed by atoms with Crippen molar-refractivity contribution in [1.29, 1.82) is 0 Å². The average molecular weight is 341 g/mol. The molecular weight excluding hydrogens is 329 g/mol. The Morgan fingerprint density at radius 1 is 1.29 bits per heavy atom. The molecule has 0 unspecified atom stereocenters. The molecule has 1 aromatic heterocycles. The first-order valence-electron chi connectivity index (χ1n) is 5.16. The van der Waals surface area contributed by atoms with Crippen LogP contribution in [0, 0.1) is 10.5 Å². The third-order valence-electron chi connectivity index (χ3n) is 2.91. The van der Waals surface area contributed by atoms with Crippen molar-refractivity contribution in [3.63, 3.8) is 0 Å². The van der Waals surface area contributed by atoms with Crippen LogP contribution in [0.3, 0.4) is 0 Å². The van der Waals surface area contributed by atoms with Crippen molar-refractivity contribution in [2.24, 2.45) is 7.05 Å². The fourth-order valence-corrected chi connectivity index (χ4v) is 2.17.